The maximum absolute atomic E-state index is 11.8. The topological polar surface area (TPSA) is 81.4 Å². The lowest BCUT2D eigenvalue weighted by molar-refractivity contribution is 0.0310. The first-order valence-corrected chi connectivity index (χ1v) is 10.6. The highest BCUT2D eigenvalue weighted by Gasteiger charge is 2.41. The summed E-state index contributed by atoms with van der Waals surface area (Å²) >= 11 is 0. The van der Waals surface area contributed by atoms with Gasteiger partial charge in [-0.05, 0) is 17.7 Å². The lowest BCUT2D eigenvalue weighted by atomic mass is 9.84. The molecule has 0 saturated carbocycles. The molecule has 2 aliphatic rings. The van der Waals surface area contributed by atoms with Crippen LogP contribution in [0.15, 0.2) is 59.9 Å². The zero-order chi connectivity index (χ0) is 18.8. The summed E-state index contributed by atoms with van der Waals surface area (Å²) in [5.41, 5.74) is 3.90. The second kappa shape index (κ2) is 5.68. The molecule has 7 heteroatoms. The van der Waals surface area contributed by atoms with Gasteiger partial charge in [-0.15, -0.1) is 0 Å². The predicted octanol–water partition coefficient (Wildman–Crippen LogP) is 2.60. The average Bonchev–Trinajstić information content (AvgIpc) is 3.22. The molecule has 6 nitrogen and oxygen atoms in total. The number of aliphatic hydroxyl groups is 1. The van der Waals surface area contributed by atoms with Gasteiger partial charge < -0.3 is 14.4 Å². The van der Waals surface area contributed by atoms with Crippen molar-refractivity contribution in [3.05, 3.63) is 66.1 Å². The van der Waals surface area contributed by atoms with Crippen molar-refractivity contribution < 1.29 is 18.3 Å². The molecule has 1 aromatic heterocycles. The predicted molar refractivity (Wildman–Crippen MR) is 99.3 cm³/mol. The monoisotopic (exact) mass is 382 g/mol. The first kappa shape index (κ1) is 16.5. The molecule has 2 aromatic carbocycles. The van der Waals surface area contributed by atoms with Gasteiger partial charge in [0.2, 0.25) is 0 Å². The SMILES string of the molecule is CS(=O)(=O)c1ccc2c(c1)OC[C@H]([C@H]1c3ccccc3-c3cncn31)[C@@H]2O. The summed E-state index contributed by atoms with van der Waals surface area (Å²) in [6.45, 7) is 0.290. The van der Waals surface area contributed by atoms with Crippen LogP contribution < -0.4 is 4.74 Å². The highest BCUT2D eigenvalue weighted by atomic mass is 32.2. The van der Waals surface area contributed by atoms with E-state index in [0.717, 1.165) is 23.1 Å². The van der Waals surface area contributed by atoms with Crippen molar-refractivity contribution in [3.63, 3.8) is 0 Å². The fraction of sp³-hybridized carbons (Fsp3) is 0.250. The molecule has 0 spiro atoms. The van der Waals surface area contributed by atoms with Gasteiger partial charge in [-0.1, -0.05) is 30.3 Å². The molecule has 1 N–H and O–H groups in total. The van der Waals surface area contributed by atoms with E-state index in [1.54, 1.807) is 12.4 Å². The maximum atomic E-state index is 11.8. The molecule has 5 rings (SSSR count). The summed E-state index contributed by atoms with van der Waals surface area (Å²) in [5.74, 6) is 0.219. The molecule has 0 unspecified atom stereocenters. The Morgan fingerprint density at radius 2 is 2.00 bits per heavy atom. The number of rotatable bonds is 2. The van der Waals surface area contributed by atoms with Gasteiger partial charge in [-0.2, -0.15) is 0 Å². The van der Waals surface area contributed by atoms with Crippen LogP contribution in [-0.4, -0.2) is 35.9 Å². The van der Waals surface area contributed by atoms with Crippen LogP contribution in [0.5, 0.6) is 5.75 Å². The van der Waals surface area contributed by atoms with E-state index < -0.39 is 15.9 Å². The quantitative estimate of drug-likeness (QED) is 0.737. The van der Waals surface area contributed by atoms with E-state index in [9.17, 15) is 13.5 Å². The third-order valence-corrected chi connectivity index (χ3v) is 6.61. The van der Waals surface area contributed by atoms with E-state index in [1.165, 1.54) is 12.1 Å². The van der Waals surface area contributed by atoms with E-state index in [0.29, 0.717) is 11.3 Å². The molecule has 27 heavy (non-hydrogen) atoms. The Labute approximate surface area is 157 Å². The molecule has 0 aliphatic carbocycles. The number of hydrogen-bond acceptors (Lipinski definition) is 5. The number of aliphatic hydroxyl groups excluding tert-OH is 1. The fourth-order valence-corrected chi connectivity index (χ4v) is 4.83. The van der Waals surface area contributed by atoms with E-state index in [4.69, 9.17) is 4.74 Å². The smallest absolute Gasteiger partial charge is 0.175 e. The van der Waals surface area contributed by atoms with Crippen LogP contribution in [0, 0.1) is 5.92 Å². The van der Waals surface area contributed by atoms with Crippen LogP contribution in [0.1, 0.15) is 23.3 Å². The zero-order valence-corrected chi connectivity index (χ0v) is 15.4. The van der Waals surface area contributed by atoms with Crippen molar-refractivity contribution in [2.75, 3.05) is 12.9 Å². The van der Waals surface area contributed by atoms with Crippen LogP contribution in [0.3, 0.4) is 0 Å². The normalized spacial score (nSPS) is 23.3. The van der Waals surface area contributed by atoms with Crippen LogP contribution >= 0.6 is 0 Å². The van der Waals surface area contributed by atoms with Crippen molar-refractivity contribution in [2.24, 2.45) is 5.92 Å². The van der Waals surface area contributed by atoms with Gasteiger partial charge in [0.25, 0.3) is 0 Å². The van der Waals surface area contributed by atoms with Crippen molar-refractivity contribution in [3.8, 4) is 17.0 Å². The van der Waals surface area contributed by atoms with E-state index in [2.05, 4.69) is 21.7 Å². The lowest BCUT2D eigenvalue weighted by Crippen LogP contribution is -2.33. The van der Waals surface area contributed by atoms with E-state index in [1.807, 2.05) is 18.3 Å². The van der Waals surface area contributed by atoms with Crippen LogP contribution in [-0.2, 0) is 9.84 Å². The fourth-order valence-electron chi connectivity index (χ4n) is 4.20. The number of imidazole rings is 1. The molecule has 3 aromatic rings. The molecular weight excluding hydrogens is 364 g/mol. The Hall–Kier alpha value is -2.64. The number of fused-ring (bicyclic) bond motifs is 4. The molecule has 0 bridgehead atoms. The van der Waals surface area contributed by atoms with E-state index >= 15 is 0 Å². The summed E-state index contributed by atoms with van der Waals surface area (Å²) in [4.78, 5) is 4.46. The van der Waals surface area contributed by atoms with Gasteiger partial charge in [0, 0.05) is 23.3 Å². The third-order valence-electron chi connectivity index (χ3n) is 5.50. The maximum Gasteiger partial charge on any atom is 0.175 e. The van der Waals surface area contributed by atoms with Gasteiger partial charge in [0.15, 0.2) is 9.84 Å². The third kappa shape index (κ3) is 2.42. The minimum atomic E-state index is -3.33. The standard InChI is InChI=1S/C20H18N2O4S/c1-27(24,25)12-6-7-15-18(8-12)26-10-16(20(15)23)19-14-5-3-2-4-13(14)17-9-21-11-22(17)19/h2-9,11,16,19-20,23H,10H2,1H3/t16-,19-,20-/m1/s1. The minimum Gasteiger partial charge on any atom is -0.493 e. The van der Waals surface area contributed by atoms with Gasteiger partial charge in [0.05, 0.1) is 41.9 Å². The van der Waals surface area contributed by atoms with E-state index in [-0.39, 0.29) is 23.5 Å². The van der Waals surface area contributed by atoms with Gasteiger partial charge in [-0.3, -0.25) is 0 Å². The number of aromatic nitrogens is 2. The molecule has 138 valence electrons. The molecule has 0 fully saturated rings. The molecule has 3 heterocycles. The highest BCUT2D eigenvalue weighted by molar-refractivity contribution is 7.90. The Morgan fingerprint density at radius 1 is 1.19 bits per heavy atom. The highest BCUT2D eigenvalue weighted by Crippen LogP contribution is 2.49. The Bertz CT molecular complexity index is 1150. The van der Waals surface area contributed by atoms with Crippen LogP contribution in [0.2, 0.25) is 0 Å². The Morgan fingerprint density at radius 3 is 2.81 bits per heavy atom. The van der Waals surface area contributed by atoms with Crippen molar-refractivity contribution in [1.29, 1.82) is 0 Å². The summed E-state index contributed by atoms with van der Waals surface area (Å²) in [6.07, 6.45) is 4.01. The second-order valence-corrected chi connectivity index (χ2v) is 9.13. The summed E-state index contributed by atoms with van der Waals surface area (Å²) in [7, 11) is -3.33. The molecule has 0 saturated heterocycles. The molecule has 2 aliphatic heterocycles. The molecule has 0 radical (unpaired) electrons. The number of ether oxygens (including phenoxy) is 1. The largest absolute Gasteiger partial charge is 0.493 e. The molecular formula is C20H18N2O4S. The summed E-state index contributed by atoms with van der Waals surface area (Å²) in [6, 6.07) is 12.7. The van der Waals surface area contributed by atoms with Crippen LogP contribution in [0.4, 0.5) is 0 Å². The number of sulfone groups is 1. The average molecular weight is 382 g/mol. The molecule has 3 atom stereocenters. The minimum absolute atomic E-state index is 0.0866. The first-order valence-electron chi connectivity index (χ1n) is 8.71. The first-order chi connectivity index (χ1) is 12.9. The van der Waals surface area contributed by atoms with Crippen molar-refractivity contribution in [2.45, 2.75) is 17.0 Å². The molecule has 0 amide bonds. The summed E-state index contributed by atoms with van der Waals surface area (Å²) in [5, 5.41) is 11.1. The van der Waals surface area contributed by atoms with Gasteiger partial charge >= 0.3 is 0 Å². The number of nitrogens with zero attached hydrogens (tertiary/aromatic N) is 2. The lowest BCUT2D eigenvalue weighted by Gasteiger charge is -2.35. The van der Waals surface area contributed by atoms with Gasteiger partial charge in [0.1, 0.15) is 5.75 Å². The van der Waals surface area contributed by atoms with Gasteiger partial charge in [-0.25, -0.2) is 13.4 Å². The van der Waals surface area contributed by atoms with Crippen molar-refractivity contribution >= 4 is 9.84 Å². The van der Waals surface area contributed by atoms with Crippen LogP contribution in [0.25, 0.3) is 11.3 Å². The Balaban J connectivity index is 1.57. The van der Waals surface area contributed by atoms with Crippen molar-refractivity contribution in [1.82, 2.24) is 9.55 Å². The Kier molecular flexibility index (Phi) is 3.47. The second-order valence-electron chi connectivity index (χ2n) is 7.11. The number of benzene rings is 2. The zero-order valence-electron chi connectivity index (χ0n) is 14.6. The number of hydrogen-bond donors (Lipinski definition) is 1. The summed E-state index contributed by atoms with van der Waals surface area (Å²) < 4.78 is 31.6.